The van der Waals surface area contributed by atoms with Gasteiger partial charge in [-0.1, -0.05) is 13.8 Å². The van der Waals surface area contributed by atoms with E-state index in [4.69, 9.17) is 0 Å². The number of nitrogens with one attached hydrogen (secondary N) is 1. The molecule has 1 aliphatic heterocycles. The van der Waals surface area contributed by atoms with E-state index in [1.54, 1.807) is 0 Å². The van der Waals surface area contributed by atoms with Gasteiger partial charge in [0.1, 0.15) is 0 Å². The van der Waals surface area contributed by atoms with E-state index in [1.165, 1.54) is 28.9 Å². The standard InChI is InChI=1S/C13H18N2/c1-7(2)11-6-15-13-10-4-9(10)5-14-12(13)8(11)3/h6-7,9-10,14H,4-5H2,1-3H3. The number of nitrogens with zero attached hydrogens (tertiary/aromatic N) is 1. The maximum absolute atomic E-state index is 4.66. The molecular formula is C13H18N2. The van der Waals surface area contributed by atoms with Crippen LogP contribution in [-0.4, -0.2) is 11.5 Å². The molecule has 80 valence electrons. The predicted octanol–water partition coefficient (Wildman–Crippen LogP) is 3.04. The molecule has 1 saturated carbocycles. The highest BCUT2D eigenvalue weighted by Gasteiger charge is 2.44. The lowest BCUT2D eigenvalue weighted by atomic mass is 9.96. The topological polar surface area (TPSA) is 24.9 Å². The molecule has 2 heteroatoms. The molecular weight excluding hydrogens is 184 g/mol. The highest BCUT2D eigenvalue weighted by atomic mass is 15.0. The molecule has 1 aromatic rings. The lowest BCUT2D eigenvalue weighted by Gasteiger charge is -2.21. The first kappa shape index (κ1) is 9.20. The third-order valence-corrected chi connectivity index (χ3v) is 3.84. The molecule has 3 rings (SSSR count). The van der Waals surface area contributed by atoms with Crippen LogP contribution in [0, 0.1) is 12.8 Å². The van der Waals surface area contributed by atoms with Crippen molar-refractivity contribution >= 4 is 5.69 Å². The van der Waals surface area contributed by atoms with Crippen LogP contribution in [0.2, 0.25) is 0 Å². The molecule has 0 bridgehead atoms. The third-order valence-electron chi connectivity index (χ3n) is 3.84. The van der Waals surface area contributed by atoms with Crippen molar-refractivity contribution in [3.8, 4) is 0 Å². The first-order valence-electron chi connectivity index (χ1n) is 5.91. The second-order valence-electron chi connectivity index (χ2n) is 5.24. The van der Waals surface area contributed by atoms with E-state index in [0.717, 1.165) is 18.4 Å². The molecule has 2 atom stereocenters. The monoisotopic (exact) mass is 202 g/mol. The molecule has 2 heterocycles. The van der Waals surface area contributed by atoms with E-state index in [2.05, 4.69) is 37.3 Å². The van der Waals surface area contributed by atoms with Crippen LogP contribution in [0.4, 0.5) is 5.69 Å². The van der Waals surface area contributed by atoms with Gasteiger partial charge in [0.05, 0.1) is 11.4 Å². The van der Waals surface area contributed by atoms with Crippen molar-refractivity contribution in [1.29, 1.82) is 0 Å². The van der Waals surface area contributed by atoms with Gasteiger partial charge < -0.3 is 5.32 Å². The first-order chi connectivity index (χ1) is 7.18. The van der Waals surface area contributed by atoms with Gasteiger partial charge in [0.25, 0.3) is 0 Å². The molecule has 1 N–H and O–H groups in total. The average Bonchev–Trinajstić information content (AvgIpc) is 2.96. The minimum atomic E-state index is 0.571. The van der Waals surface area contributed by atoms with Crippen molar-refractivity contribution in [2.24, 2.45) is 5.92 Å². The lowest BCUT2D eigenvalue weighted by Crippen LogP contribution is -2.15. The summed E-state index contributed by atoms with van der Waals surface area (Å²) in [5.41, 5.74) is 5.47. The summed E-state index contributed by atoms with van der Waals surface area (Å²) in [6.45, 7) is 7.85. The maximum Gasteiger partial charge on any atom is 0.0671 e. The van der Waals surface area contributed by atoms with Gasteiger partial charge in [0.2, 0.25) is 0 Å². The van der Waals surface area contributed by atoms with E-state index >= 15 is 0 Å². The van der Waals surface area contributed by atoms with Gasteiger partial charge in [0.15, 0.2) is 0 Å². The van der Waals surface area contributed by atoms with E-state index in [-0.39, 0.29) is 0 Å². The van der Waals surface area contributed by atoms with Crippen molar-refractivity contribution < 1.29 is 0 Å². The highest BCUT2D eigenvalue weighted by Crippen LogP contribution is 2.52. The molecule has 0 saturated heterocycles. The van der Waals surface area contributed by atoms with Gasteiger partial charge in [0, 0.05) is 18.7 Å². The summed E-state index contributed by atoms with van der Waals surface area (Å²) in [5, 5.41) is 3.56. The number of anilines is 1. The summed E-state index contributed by atoms with van der Waals surface area (Å²) in [6.07, 6.45) is 3.43. The minimum Gasteiger partial charge on any atom is -0.383 e. The summed E-state index contributed by atoms with van der Waals surface area (Å²) >= 11 is 0. The van der Waals surface area contributed by atoms with Crippen molar-refractivity contribution in [1.82, 2.24) is 4.98 Å². The molecule has 1 aliphatic carbocycles. The first-order valence-corrected chi connectivity index (χ1v) is 5.91. The summed E-state index contributed by atoms with van der Waals surface area (Å²) < 4.78 is 0. The van der Waals surface area contributed by atoms with E-state index in [1.807, 2.05) is 0 Å². The van der Waals surface area contributed by atoms with Gasteiger partial charge in [-0.3, -0.25) is 4.98 Å². The Kier molecular flexibility index (Phi) is 1.82. The normalized spacial score (nSPS) is 26.9. The molecule has 1 fully saturated rings. The van der Waals surface area contributed by atoms with Crippen LogP contribution in [0.3, 0.4) is 0 Å². The predicted molar refractivity (Wildman–Crippen MR) is 62.4 cm³/mol. The van der Waals surface area contributed by atoms with Crippen molar-refractivity contribution in [2.45, 2.75) is 39.0 Å². The Morgan fingerprint density at radius 2 is 2.27 bits per heavy atom. The Morgan fingerprint density at radius 1 is 1.47 bits per heavy atom. The van der Waals surface area contributed by atoms with Crippen LogP contribution in [0.1, 0.15) is 48.9 Å². The molecule has 15 heavy (non-hydrogen) atoms. The van der Waals surface area contributed by atoms with Crippen molar-refractivity contribution in [2.75, 3.05) is 11.9 Å². The van der Waals surface area contributed by atoms with Crippen LogP contribution >= 0.6 is 0 Å². The summed E-state index contributed by atoms with van der Waals surface area (Å²) in [7, 11) is 0. The fourth-order valence-electron chi connectivity index (χ4n) is 2.76. The zero-order chi connectivity index (χ0) is 10.6. The smallest absolute Gasteiger partial charge is 0.0671 e. The van der Waals surface area contributed by atoms with Gasteiger partial charge in [-0.2, -0.15) is 0 Å². The largest absolute Gasteiger partial charge is 0.383 e. The molecule has 2 aliphatic rings. The number of fused-ring (bicyclic) bond motifs is 3. The van der Waals surface area contributed by atoms with Crippen molar-refractivity contribution in [3.63, 3.8) is 0 Å². The Bertz CT molecular complexity index is 409. The molecule has 2 nitrogen and oxygen atoms in total. The van der Waals surface area contributed by atoms with Crippen LogP contribution < -0.4 is 5.32 Å². The number of hydrogen-bond acceptors (Lipinski definition) is 2. The zero-order valence-electron chi connectivity index (χ0n) is 9.67. The third kappa shape index (κ3) is 1.27. The summed E-state index contributed by atoms with van der Waals surface area (Å²) in [4.78, 5) is 4.66. The van der Waals surface area contributed by atoms with Gasteiger partial charge in [-0.25, -0.2) is 0 Å². The van der Waals surface area contributed by atoms with Gasteiger partial charge in [-0.05, 0) is 36.3 Å². The second-order valence-corrected chi connectivity index (χ2v) is 5.24. The molecule has 2 unspecified atom stereocenters. The molecule has 0 amide bonds. The van der Waals surface area contributed by atoms with Crippen LogP contribution in [0.25, 0.3) is 0 Å². The Labute approximate surface area is 91.1 Å². The Morgan fingerprint density at radius 3 is 3.00 bits per heavy atom. The maximum atomic E-state index is 4.66. The zero-order valence-corrected chi connectivity index (χ0v) is 9.67. The van der Waals surface area contributed by atoms with E-state index in [9.17, 15) is 0 Å². The van der Waals surface area contributed by atoms with Crippen LogP contribution in [-0.2, 0) is 0 Å². The SMILES string of the molecule is Cc1c(C(C)C)cnc2c1NCC1CC21. The average molecular weight is 202 g/mol. The Hall–Kier alpha value is -1.05. The highest BCUT2D eigenvalue weighted by molar-refractivity contribution is 5.62. The van der Waals surface area contributed by atoms with Gasteiger partial charge in [-0.15, -0.1) is 0 Å². The van der Waals surface area contributed by atoms with Crippen LogP contribution in [0.5, 0.6) is 0 Å². The molecule has 0 spiro atoms. The fourth-order valence-corrected chi connectivity index (χ4v) is 2.76. The second kappa shape index (κ2) is 2.97. The van der Waals surface area contributed by atoms with E-state index in [0.29, 0.717) is 5.92 Å². The Balaban J connectivity index is 2.11. The van der Waals surface area contributed by atoms with Crippen LogP contribution in [0.15, 0.2) is 6.20 Å². The minimum absolute atomic E-state index is 0.571. The number of hydrogen-bond donors (Lipinski definition) is 1. The number of aromatic nitrogens is 1. The number of pyridine rings is 1. The summed E-state index contributed by atoms with van der Waals surface area (Å²) in [6, 6.07) is 0. The number of rotatable bonds is 1. The lowest BCUT2D eigenvalue weighted by molar-refractivity contribution is 0.778. The quantitative estimate of drug-likeness (QED) is 0.757. The fraction of sp³-hybridized carbons (Fsp3) is 0.615. The molecule has 0 radical (unpaired) electrons. The van der Waals surface area contributed by atoms with Crippen molar-refractivity contribution in [3.05, 3.63) is 23.0 Å². The summed E-state index contributed by atoms with van der Waals surface area (Å²) in [5.74, 6) is 2.21. The van der Waals surface area contributed by atoms with Gasteiger partial charge >= 0.3 is 0 Å². The molecule has 1 aromatic heterocycles. The molecule has 0 aromatic carbocycles. The van der Waals surface area contributed by atoms with E-state index < -0.39 is 0 Å².